The average molecular weight is 227 g/mol. The topological polar surface area (TPSA) is 66.4 Å². The number of carboxylic acids is 1. The number of amides is 1. The van der Waals surface area contributed by atoms with Gasteiger partial charge in [0.25, 0.3) is 0 Å². The molecule has 0 aromatic rings. The van der Waals surface area contributed by atoms with Gasteiger partial charge in [0.1, 0.15) is 6.04 Å². The third kappa shape index (κ3) is 6.22. The van der Waals surface area contributed by atoms with Crippen LogP contribution in [0.3, 0.4) is 0 Å². The van der Waals surface area contributed by atoms with Gasteiger partial charge in [-0.25, -0.2) is 4.79 Å². The van der Waals surface area contributed by atoms with Crippen molar-refractivity contribution < 1.29 is 31.8 Å². The number of thiol groups is 1. The summed E-state index contributed by atoms with van der Waals surface area (Å²) in [4.78, 5) is 20.5. The van der Waals surface area contributed by atoms with Gasteiger partial charge in [0, 0.05) is 29.7 Å². The summed E-state index contributed by atoms with van der Waals surface area (Å²) in [6.45, 7) is 1.26. The second-order valence-corrected chi connectivity index (χ2v) is 2.14. The SMILES string of the molecule is CC(=O)N[C@@H](CS)C(=O)O.[Cu]. The first-order valence-corrected chi connectivity index (χ1v) is 3.32. The minimum atomic E-state index is -1.06. The average Bonchev–Trinajstić information content (AvgIpc) is 1.81. The maximum Gasteiger partial charge on any atom is 0.327 e. The Balaban J connectivity index is 0. The third-order valence-corrected chi connectivity index (χ3v) is 1.22. The van der Waals surface area contributed by atoms with Crippen LogP contribution in [-0.4, -0.2) is 28.8 Å². The maximum atomic E-state index is 10.3. The molecule has 11 heavy (non-hydrogen) atoms. The molecule has 0 saturated carbocycles. The summed E-state index contributed by atoms with van der Waals surface area (Å²) in [5.74, 6) is -1.32. The quantitative estimate of drug-likeness (QED) is 0.449. The zero-order valence-corrected chi connectivity index (χ0v) is 7.63. The fourth-order valence-electron chi connectivity index (χ4n) is 0.431. The zero-order chi connectivity index (χ0) is 8.15. The molecule has 0 heterocycles. The van der Waals surface area contributed by atoms with Crippen molar-refractivity contribution in [3.8, 4) is 0 Å². The fourth-order valence-corrected chi connectivity index (χ4v) is 0.678. The van der Waals surface area contributed by atoms with E-state index in [2.05, 4.69) is 17.9 Å². The fraction of sp³-hybridized carbons (Fsp3) is 0.600. The number of hydrogen-bond acceptors (Lipinski definition) is 3. The van der Waals surface area contributed by atoms with Crippen molar-refractivity contribution in [1.82, 2.24) is 5.32 Å². The standard InChI is InChI=1S/C5H9NO3S.Cu/c1-3(7)6-4(2-10)5(8)9;/h4,10H,2H2,1H3,(H,6,7)(H,8,9);/t4-;/m0./s1. The van der Waals surface area contributed by atoms with Crippen LogP contribution in [0.4, 0.5) is 0 Å². The van der Waals surface area contributed by atoms with Crippen LogP contribution in [0, 0.1) is 0 Å². The normalized spacial score (nSPS) is 11.1. The predicted molar refractivity (Wildman–Crippen MR) is 39.1 cm³/mol. The van der Waals surface area contributed by atoms with E-state index in [0.717, 1.165) is 0 Å². The number of hydrogen-bond donors (Lipinski definition) is 3. The number of carboxylic acid groups (broad SMARTS) is 1. The van der Waals surface area contributed by atoms with E-state index in [1.165, 1.54) is 6.92 Å². The van der Waals surface area contributed by atoms with Gasteiger partial charge in [0.2, 0.25) is 5.91 Å². The van der Waals surface area contributed by atoms with Gasteiger partial charge in [-0.15, -0.1) is 0 Å². The van der Waals surface area contributed by atoms with Crippen molar-refractivity contribution in [3.05, 3.63) is 0 Å². The van der Waals surface area contributed by atoms with Crippen LogP contribution in [0.1, 0.15) is 6.92 Å². The molecule has 0 aromatic heterocycles. The van der Waals surface area contributed by atoms with Crippen LogP contribution < -0.4 is 5.32 Å². The van der Waals surface area contributed by atoms with Gasteiger partial charge >= 0.3 is 5.97 Å². The monoisotopic (exact) mass is 226 g/mol. The second-order valence-electron chi connectivity index (χ2n) is 1.77. The van der Waals surface area contributed by atoms with E-state index >= 15 is 0 Å². The molecule has 6 heteroatoms. The summed E-state index contributed by atoms with van der Waals surface area (Å²) in [5, 5.41) is 10.6. The molecule has 0 saturated heterocycles. The van der Waals surface area contributed by atoms with Gasteiger partial charge in [0.15, 0.2) is 0 Å². The molecule has 0 spiro atoms. The molecule has 2 N–H and O–H groups in total. The Morgan fingerprint density at radius 3 is 2.18 bits per heavy atom. The molecule has 0 aliphatic rings. The van der Waals surface area contributed by atoms with E-state index in [9.17, 15) is 9.59 Å². The Morgan fingerprint density at radius 2 is 2.09 bits per heavy atom. The van der Waals surface area contributed by atoms with Crippen molar-refractivity contribution in [1.29, 1.82) is 0 Å². The molecule has 4 nitrogen and oxygen atoms in total. The molecule has 69 valence electrons. The molecule has 1 radical (unpaired) electrons. The Hall–Kier alpha value is -0.191. The van der Waals surface area contributed by atoms with Crippen molar-refractivity contribution in [2.45, 2.75) is 13.0 Å². The van der Waals surface area contributed by atoms with Crippen LogP contribution >= 0.6 is 12.6 Å². The first-order chi connectivity index (χ1) is 4.57. The van der Waals surface area contributed by atoms with Crippen LogP contribution in [0.2, 0.25) is 0 Å². The van der Waals surface area contributed by atoms with Gasteiger partial charge in [-0.05, 0) is 0 Å². The molecular weight excluding hydrogens is 218 g/mol. The third-order valence-electron chi connectivity index (χ3n) is 0.858. The molecule has 1 amide bonds. The van der Waals surface area contributed by atoms with Crippen LogP contribution in [-0.2, 0) is 26.7 Å². The molecule has 0 rings (SSSR count). The molecular formula is C5H9CuNO3S. The van der Waals surface area contributed by atoms with E-state index in [1.807, 2.05) is 0 Å². The molecule has 0 aliphatic heterocycles. The van der Waals surface area contributed by atoms with Gasteiger partial charge in [-0.2, -0.15) is 12.6 Å². The van der Waals surface area contributed by atoms with E-state index in [4.69, 9.17) is 5.11 Å². The zero-order valence-electron chi connectivity index (χ0n) is 5.80. The van der Waals surface area contributed by atoms with Gasteiger partial charge < -0.3 is 10.4 Å². The number of rotatable bonds is 3. The van der Waals surface area contributed by atoms with Gasteiger partial charge in [-0.1, -0.05) is 0 Å². The van der Waals surface area contributed by atoms with Crippen molar-refractivity contribution in [2.75, 3.05) is 5.75 Å². The van der Waals surface area contributed by atoms with E-state index in [0.29, 0.717) is 0 Å². The van der Waals surface area contributed by atoms with Gasteiger partial charge in [0.05, 0.1) is 0 Å². The Kier molecular flexibility index (Phi) is 7.94. The first-order valence-electron chi connectivity index (χ1n) is 2.68. The molecule has 0 fully saturated rings. The van der Waals surface area contributed by atoms with Crippen molar-refractivity contribution >= 4 is 24.5 Å². The predicted octanol–water partition coefficient (Wildman–Crippen LogP) is -0.497. The Labute approximate surface area is 80.6 Å². The summed E-state index contributed by atoms with van der Waals surface area (Å²) in [5.41, 5.74) is 0. The summed E-state index contributed by atoms with van der Waals surface area (Å²) in [6.07, 6.45) is 0. The summed E-state index contributed by atoms with van der Waals surface area (Å²) >= 11 is 3.73. The number of carbonyl (C=O) groups excluding carboxylic acids is 1. The second kappa shape index (κ2) is 6.52. The first kappa shape index (κ1) is 13.4. The Morgan fingerprint density at radius 1 is 1.64 bits per heavy atom. The van der Waals surface area contributed by atoms with Crippen LogP contribution in [0.5, 0.6) is 0 Å². The minimum Gasteiger partial charge on any atom is -0.480 e. The smallest absolute Gasteiger partial charge is 0.327 e. The van der Waals surface area contributed by atoms with Gasteiger partial charge in [-0.3, -0.25) is 4.79 Å². The van der Waals surface area contributed by atoms with Crippen molar-refractivity contribution in [3.63, 3.8) is 0 Å². The minimum absolute atomic E-state index is 0. The molecule has 0 unspecified atom stereocenters. The molecule has 0 bridgehead atoms. The molecule has 0 aliphatic carbocycles. The van der Waals surface area contributed by atoms with Crippen LogP contribution in [0.25, 0.3) is 0 Å². The van der Waals surface area contributed by atoms with Crippen LogP contribution in [0.15, 0.2) is 0 Å². The largest absolute Gasteiger partial charge is 0.480 e. The summed E-state index contributed by atoms with van der Waals surface area (Å²) < 4.78 is 0. The maximum absolute atomic E-state index is 10.3. The number of nitrogens with one attached hydrogen (secondary N) is 1. The van der Waals surface area contributed by atoms with E-state index in [1.54, 1.807) is 0 Å². The summed E-state index contributed by atoms with van der Waals surface area (Å²) in [6, 6.07) is -0.874. The van der Waals surface area contributed by atoms with E-state index < -0.39 is 12.0 Å². The summed E-state index contributed by atoms with van der Waals surface area (Å²) in [7, 11) is 0. The Bertz CT molecular complexity index is 153. The molecule has 1 atom stereocenters. The number of aliphatic carboxylic acids is 1. The number of carbonyl (C=O) groups is 2. The molecule has 0 aromatic carbocycles. The van der Waals surface area contributed by atoms with E-state index in [-0.39, 0.29) is 28.7 Å². The van der Waals surface area contributed by atoms with Crippen molar-refractivity contribution in [2.24, 2.45) is 0 Å².